The van der Waals surface area contributed by atoms with Crippen LogP contribution in [0.5, 0.6) is 0 Å². The lowest BCUT2D eigenvalue weighted by Gasteiger charge is -2.11. The molecule has 0 heterocycles. The summed E-state index contributed by atoms with van der Waals surface area (Å²) in [6.45, 7) is 0. The minimum atomic E-state index is 0.177. The van der Waals surface area contributed by atoms with Crippen molar-refractivity contribution in [3.63, 3.8) is 0 Å². The van der Waals surface area contributed by atoms with E-state index in [2.05, 4.69) is 28.1 Å². The highest BCUT2D eigenvalue weighted by atomic mass is 79.9. The van der Waals surface area contributed by atoms with Crippen LogP contribution in [0.1, 0.15) is 11.7 Å². The van der Waals surface area contributed by atoms with Crippen molar-refractivity contribution in [1.82, 2.24) is 0 Å². The van der Waals surface area contributed by atoms with Gasteiger partial charge in [0.05, 0.1) is 6.10 Å². The second kappa shape index (κ2) is 4.52. The molecule has 0 aliphatic carbocycles. The highest BCUT2D eigenvalue weighted by Crippen LogP contribution is 2.17. The number of ether oxygens (including phenoxy) is 1. The van der Waals surface area contributed by atoms with Crippen LogP contribution in [0.3, 0.4) is 0 Å². The van der Waals surface area contributed by atoms with Crippen LogP contribution < -0.4 is 0 Å². The number of benzene rings is 1. The average molecular weight is 215 g/mol. The zero-order valence-electron chi connectivity index (χ0n) is 6.46. The summed E-state index contributed by atoms with van der Waals surface area (Å²) in [6, 6.07) is 10.2. The first kappa shape index (κ1) is 8.75. The molecule has 0 bridgehead atoms. The molecule has 0 aliphatic rings. The van der Waals surface area contributed by atoms with Crippen molar-refractivity contribution < 1.29 is 4.74 Å². The van der Waals surface area contributed by atoms with E-state index in [1.54, 1.807) is 7.11 Å². The Hall–Kier alpha value is -0.340. The van der Waals surface area contributed by atoms with Crippen LogP contribution in [0.2, 0.25) is 0 Å². The van der Waals surface area contributed by atoms with Gasteiger partial charge in [0.1, 0.15) is 0 Å². The minimum absolute atomic E-state index is 0.177. The fourth-order valence-corrected chi connectivity index (χ4v) is 1.59. The molecular weight excluding hydrogens is 204 g/mol. The summed E-state index contributed by atoms with van der Waals surface area (Å²) in [5, 5.41) is 0.841. The second-order valence-corrected chi connectivity index (χ2v) is 2.94. The molecule has 0 saturated carbocycles. The van der Waals surface area contributed by atoms with E-state index in [0.29, 0.717) is 0 Å². The summed E-state index contributed by atoms with van der Waals surface area (Å²) in [5.41, 5.74) is 1.21. The predicted octanol–water partition coefficient (Wildman–Crippen LogP) is 2.77. The minimum Gasteiger partial charge on any atom is -0.376 e. The Bertz CT molecular complexity index is 194. The van der Waals surface area contributed by atoms with Crippen molar-refractivity contribution in [1.29, 1.82) is 0 Å². The average Bonchev–Trinajstić information content (AvgIpc) is 2.09. The quantitative estimate of drug-likeness (QED) is 0.704. The van der Waals surface area contributed by atoms with E-state index in [-0.39, 0.29) is 6.10 Å². The first-order valence-corrected chi connectivity index (χ1v) is 4.64. The summed E-state index contributed by atoms with van der Waals surface area (Å²) in [5.74, 6) is 0. The molecule has 60 valence electrons. The van der Waals surface area contributed by atoms with Gasteiger partial charge >= 0.3 is 0 Å². The molecule has 1 atom stereocenters. The Kier molecular flexibility index (Phi) is 3.60. The van der Waals surface area contributed by atoms with Crippen molar-refractivity contribution in [2.45, 2.75) is 6.10 Å². The number of rotatable bonds is 3. The molecule has 0 aliphatic heterocycles. The second-order valence-electron chi connectivity index (χ2n) is 2.29. The van der Waals surface area contributed by atoms with Crippen molar-refractivity contribution in [2.75, 3.05) is 12.4 Å². The van der Waals surface area contributed by atoms with Crippen LogP contribution >= 0.6 is 15.9 Å². The highest BCUT2D eigenvalue weighted by Gasteiger charge is 2.05. The monoisotopic (exact) mass is 214 g/mol. The van der Waals surface area contributed by atoms with E-state index in [1.165, 1.54) is 5.56 Å². The standard InChI is InChI=1S/C9H11BrO/c1-11-9(7-10)8-5-3-2-4-6-8/h2-6,9H,7H2,1H3. The fourth-order valence-electron chi connectivity index (χ4n) is 0.956. The predicted molar refractivity (Wildman–Crippen MR) is 50.0 cm³/mol. The van der Waals surface area contributed by atoms with E-state index in [4.69, 9.17) is 4.74 Å². The van der Waals surface area contributed by atoms with Crippen LogP contribution in [0.4, 0.5) is 0 Å². The maximum absolute atomic E-state index is 5.24. The molecular formula is C9H11BrO. The van der Waals surface area contributed by atoms with Crippen molar-refractivity contribution in [2.24, 2.45) is 0 Å². The van der Waals surface area contributed by atoms with Crippen LogP contribution in [0, 0.1) is 0 Å². The van der Waals surface area contributed by atoms with Gasteiger partial charge in [0.2, 0.25) is 0 Å². The summed E-state index contributed by atoms with van der Waals surface area (Å²) < 4.78 is 5.24. The third-order valence-corrected chi connectivity index (χ3v) is 2.18. The third-order valence-electron chi connectivity index (χ3n) is 1.60. The molecule has 0 fully saturated rings. The molecule has 0 aromatic heterocycles. The molecule has 0 spiro atoms. The number of halogens is 1. The van der Waals surface area contributed by atoms with Crippen molar-refractivity contribution in [3.8, 4) is 0 Å². The fraction of sp³-hybridized carbons (Fsp3) is 0.333. The Morgan fingerprint density at radius 3 is 2.45 bits per heavy atom. The third kappa shape index (κ3) is 2.31. The maximum Gasteiger partial charge on any atom is 0.0917 e. The Balaban J connectivity index is 2.74. The van der Waals surface area contributed by atoms with E-state index in [0.717, 1.165) is 5.33 Å². The molecule has 0 amide bonds. The Morgan fingerprint density at radius 1 is 1.36 bits per heavy atom. The van der Waals surface area contributed by atoms with Gasteiger partial charge in [-0.15, -0.1) is 0 Å². The molecule has 0 N–H and O–H groups in total. The summed E-state index contributed by atoms with van der Waals surface area (Å²) in [7, 11) is 1.72. The van der Waals surface area contributed by atoms with Gasteiger partial charge in [-0.2, -0.15) is 0 Å². The highest BCUT2D eigenvalue weighted by molar-refractivity contribution is 9.09. The maximum atomic E-state index is 5.24. The molecule has 1 unspecified atom stereocenters. The summed E-state index contributed by atoms with van der Waals surface area (Å²) in [6.07, 6.45) is 0.177. The van der Waals surface area contributed by atoms with Gasteiger partial charge in [-0.25, -0.2) is 0 Å². The van der Waals surface area contributed by atoms with Crippen molar-refractivity contribution >= 4 is 15.9 Å². The first-order chi connectivity index (χ1) is 5.38. The number of hydrogen-bond acceptors (Lipinski definition) is 1. The summed E-state index contributed by atoms with van der Waals surface area (Å²) in [4.78, 5) is 0. The van der Waals surface area contributed by atoms with Gasteiger partial charge in [0, 0.05) is 12.4 Å². The molecule has 1 aromatic carbocycles. The van der Waals surface area contributed by atoms with Gasteiger partial charge in [-0.05, 0) is 5.56 Å². The Morgan fingerprint density at radius 2 is 2.00 bits per heavy atom. The SMILES string of the molecule is COC(CBr)c1ccccc1. The van der Waals surface area contributed by atoms with E-state index < -0.39 is 0 Å². The molecule has 1 aromatic rings. The summed E-state index contributed by atoms with van der Waals surface area (Å²) >= 11 is 3.39. The topological polar surface area (TPSA) is 9.23 Å². The Labute approximate surface area is 75.5 Å². The lowest BCUT2D eigenvalue weighted by atomic mass is 10.1. The van der Waals surface area contributed by atoms with E-state index in [9.17, 15) is 0 Å². The molecule has 2 heteroatoms. The van der Waals surface area contributed by atoms with Crippen LogP contribution in [-0.4, -0.2) is 12.4 Å². The van der Waals surface area contributed by atoms with Crippen molar-refractivity contribution in [3.05, 3.63) is 35.9 Å². The van der Waals surface area contributed by atoms with Gasteiger partial charge in [-0.3, -0.25) is 0 Å². The lowest BCUT2D eigenvalue weighted by Crippen LogP contribution is -2.01. The zero-order chi connectivity index (χ0) is 8.10. The zero-order valence-corrected chi connectivity index (χ0v) is 8.04. The molecule has 1 rings (SSSR count). The van der Waals surface area contributed by atoms with Crippen LogP contribution in [0.15, 0.2) is 30.3 Å². The molecule has 0 saturated heterocycles. The molecule has 1 nitrogen and oxygen atoms in total. The van der Waals surface area contributed by atoms with Gasteiger partial charge in [0.25, 0.3) is 0 Å². The van der Waals surface area contributed by atoms with Gasteiger partial charge < -0.3 is 4.74 Å². The molecule has 0 radical (unpaired) electrons. The van der Waals surface area contributed by atoms with E-state index >= 15 is 0 Å². The smallest absolute Gasteiger partial charge is 0.0917 e. The van der Waals surface area contributed by atoms with Crippen LogP contribution in [0.25, 0.3) is 0 Å². The number of hydrogen-bond donors (Lipinski definition) is 0. The normalized spacial score (nSPS) is 12.9. The first-order valence-electron chi connectivity index (χ1n) is 3.52. The van der Waals surface area contributed by atoms with Crippen LogP contribution in [-0.2, 0) is 4.74 Å². The van der Waals surface area contributed by atoms with Gasteiger partial charge in [-0.1, -0.05) is 46.3 Å². The molecule has 11 heavy (non-hydrogen) atoms. The van der Waals surface area contributed by atoms with E-state index in [1.807, 2.05) is 18.2 Å². The largest absolute Gasteiger partial charge is 0.376 e. The number of alkyl halides is 1. The number of methoxy groups -OCH3 is 1. The van der Waals surface area contributed by atoms with Gasteiger partial charge in [0.15, 0.2) is 0 Å². The lowest BCUT2D eigenvalue weighted by molar-refractivity contribution is 0.124.